The molecule has 0 amide bonds. The fourth-order valence-corrected chi connectivity index (χ4v) is 0. The first-order valence-electron chi connectivity index (χ1n) is 0.977. The van der Waals surface area contributed by atoms with Crippen LogP contribution < -0.4 is 0 Å². The van der Waals surface area contributed by atoms with Crippen LogP contribution >= 0.6 is 0 Å². The van der Waals surface area contributed by atoms with Crippen molar-refractivity contribution in [1.29, 1.82) is 0 Å². The van der Waals surface area contributed by atoms with Crippen LogP contribution in [0.15, 0.2) is 0 Å². The summed E-state index contributed by atoms with van der Waals surface area (Å²) >= 11 is 0.656. The molecule has 0 radical (unpaired) electrons. The Balaban J connectivity index is 2.73. The second-order valence-electron chi connectivity index (χ2n) is 0.372. The topological polar surface area (TPSA) is 17.1 Å². The first-order valence-corrected chi connectivity index (χ1v) is 21.2. The van der Waals surface area contributed by atoms with Gasteiger partial charge in [0.25, 0.3) is 0 Å². The number of hydrogen-bond donors (Lipinski definition) is 0. The average molecular weight is 238 g/mol. The first kappa shape index (κ1) is 5.43. The summed E-state index contributed by atoms with van der Waals surface area (Å²) < 4.78 is 9.56. The van der Waals surface area contributed by atoms with Crippen molar-refractivity contribution in [3.8, 4) is 0 Å². The summed E-state index contributed by atoms with van der Waals surface area (Å²) in [7, 11) is 0.0382. The molecule has 0 spiro atoms. The van der Waals surface area contributed by atoms with Crippen molar-refractivity contribution in [1.82, 2.24) is 0 Å². The van der Waals surface area contributed by atoms with E-state index in [4.69, 9.17) is 0 Å². The Bertz CT molecular complexity index is 24.3. The second-order valence-corrected chi connectivity index (χ2v) is 36.7. The third-order valence-electron chi connectivity index (χ3n) is 0.0962. The summed E-state index contributed by atoms with van der Waals surface area (Å²) in [5.74, 6) is 0. The Morgan fingerprint density at radius 3 is 2.00 bits per heavy atom. The van der Waals surface area contributed by atoms with Gasteiger partial charge in [-0.2, -0.15) is 0 Å². The van der Waals surface area contributed by atoms with Gasteiger partial charge in [-0.1, -0.05) is 0 Å². The molecule has 22 valence electrons. The van der Waals surface area contributed by atoms with Gasteiger partial charge in [-0.3, -0.25) is 0 Å². The molecule has 0 heterocycles. The SMILES string of the molecule is [O]=[GeH][GeH]=[GeH2]. The Hall–Kier alpha value is 1.43. The van der Waals surface area contributed by atoms with E-state index >= 15 is 0 Å². The van der Waals surface area contributed by atoms with Gasteiger partial charge in [0.15, 0.2) is 0 Å². The zero-order valence-corrected chi connectivity index (χ0v) is 10.1. The summed E-state index contributed by atoms with van der Waals surface area (Å²) in [5, 5.41) is 0. The Labute approximate surface area is 42.0 Å². The van der Waals surface area contributed by atoms with Gasteiger partial charge in [0.1, 0.15) is 0 Å². The van der Waals surface area contributed by atoms with Crippen LogP contribution in [0.1, 0.15) is 0 Å². The van der Waals surface area contributed by atoms with Gasteiger partial charge in [0.2, 0.25) is 0 Å². The summed E-state index contributed by atoms with van der Waals surface area (Å²) in [6.45, 7) is 0. The van der Waals surface area contributed by atoms with Crippen molar-refractivity contribution in [3.05, 3.63) is 0 Å². The molecule has 0 saturated carbocycles. The van der Waals surface area contributed by atoms with E-state index in [2.05, 4.69) is 0 Å². The van der Waals surface area contributed by atoms with Crippen molar-refractivity contribution < 1.29 is 3.78 Å². The molecule has 0 atom stereocenters. The van der Waals surface area contributed by atoms with Crippen molar-refractivity contribution in [2.24, 2.45) is 0 Å². The Morgan fingerprint density at radius 2 is 2.00 bits per heavy atom. The van der Waals surface area contributed by atoms with Crippen molar-refractivity contribution >= 4 is 38.4 Å². The molecule has 0 fully saturated rings. The van der Waals surface area contributed by atoms with Crippen LogP contribution in [0, 0.1) is 0 Å². The van der Waals surface area contributed by atoms with Crippen LogP contribution in [0.2, 0.25) is 0 Å². The van der Waals surface area contributed by atoms with Gasteiger partial charge in [-0.25, -0.2) is 0 Å². The minimum absolute atomic E-state index is 0.0382. The van der Waals surface area contributed by atoms with Crippen LogP contribution in [0.4, 0.5) is 0 Å². The molecule has 1 nitrogen and oxygen atoms in total. The van der Waals surface area contributed by atoms with E-state index in [1.54, 1.807) is 0 Å². The summed E-state index contributed by atoms with van der Waals surface area (Å²) in [6, 6.07) is 0. The number of rotatable bonds is 1. The molecule has 4 heavy (non-hydrogen) atoms. The summed E-state index contributed by atoms with van der Waals surface area (Å²) in [6.07, 6.45) is 0. The minimum atomic E-state index is -0.726. The standard InChI is InChI=1S/Ge3H4O/c1-2-3-4/h2-3H,1H2. The zero-order valence-electron chi connectivity index (χ0n) is 2.27. The van der Waals surface area contributed by atoms with Crippen molar-refractivity contribution in [2.75, 3.05) is 0 Å². The van der Waals surface area contributed by atoms with E-state index in [1.165, 1.54) is 14.0 Å². The molecule has 0 N–H and O–H groups in total. The molecule has 0 aliphatic carbocycles. The fourth-order valence-electron chi connectivity index (χ4n) is 0. The van der Waals surface area contributed by atoms with Crippen LogP contribution in [-0.4, -0.2) is 38.4 Å². The molecule has 4 heteroatoms. The van der Waals surface area contributed by atoms with Crippen LogP contribution in [0.25, 0.3) is 0 Å². The monoisotopic (exact) mass is 242 g/mol. The van der Waals surface area contributed by atoms with E-state index in [0.29, 0.717) is 0 Å². The van der Waals surface area contributed by atoms with Crippen LogP contribution in [0.5, 0.6) is 0 Å². The van der Waals surface area contributed by atoms with Gasteiger partial charge in [0.05, 0.1) is 0 Å². The molecule has 0 aliphatic heterocycles. The first-order chi connectivity index (χ1) is 1.91. The summed E-state index contributed by atoms with van der Waals surface area (Å²) in [5.41, 5.74) is 0. The second kappa shape index (κ2) is 4.43. The molecule has 0 aromatic heterocycles. The molecule has 0 bridgehead atoms. The zero-order chi connectivity index (χ0) is 3.41. The van der Waals surface area contributed by atoms with E-state index in [1.807, 2.05) is 0 Å². The third-order valence-corrected chi connectivity index (χ3v) is 13.5. The average Bonchev–Trinajstić information content (AvgIpc) is 1.37. The third kappa shape index (κ3) is 3.43. The predicted octanol–water partition coefficient (Wildman–Crippen LogP) is -2.33. The maximum atomic E-state index is 9.56. The van der Waals surface area contributed by atoms with Gasteiger partial charge < -0.3 is 0 Å². The van der Waals surface area contributed by atoms with E-state index < -0.39 is 13.4 Å². The molecule has 0 saturated heterocycles. The Kier molecular flexibility index (Phi) is 6.01. The van der Waals surface area contributed by atoms with Gasteiger partial charge in [0, 0.05) is 0 Å². The molecular weight excluding hydrogens is 234 g/mol. The van der Waals surface area contributed by atoms with E-state index in [0.717, 1.165) is 0 Å². The summed E-state index contributed by atoms with van der Waals surface area (Å²) in [4.78, 5) is 0. The Morgan fingerprint density at radius 1 is 1.75 bits per heavy atom. The van der Waals surface area contributed by atoms with Crippen LogP contribution in [-0.2, 0) is 3.78 Å². The normalized spacial score (nSPS) is 5.00. The van der Waals surface area contributed by atoms with Gasteiger partial charge >= 0.3 is 42.1 Å². The molecule has 0 aromatic rings. The molecule has 0 aliphatic rings. The molecule has 0 aromatic carbocycles. The number of hydrogen-bond acceptors (Lipinski definition) is 1. The van der Waals surface area contributed by atoms with E-state index in [9.17, 15) is 3.78 Å². The maximum absolute atomic E-state index is 9.56. The quantitative estimate of drug-likeness (QED) is 0.468. The van der Waals surface area contributed by atoms with Crippen molar-refractivity contribution in [3.63, 3.8) is 0 Å². The molecular formula is H4Ge3O. The molecule has 0 unspecified atom stereocenters. The van der Waals surface area contributed by atoms with Crippen molar-refractivity contribution in [2.45, 2.75) is 0 Å². The fraction of sp³-hybridized carbons (Fsp3) is 0. The predicted molar refractivity (Wildman–Crippen MR) is 23.5 cm³/mol. The van der Waals surface area contributed by atoms with Gasteiger partial charge in [-0.05, 0) is 0 Å². The molecule has 0 rings (SSSR count). The van der Waals surface area contributed by atoms with E-state index in [-0.39, 0.29) is 11.0 Å². The van der Waals surface area contributed by atoms with Crippen LogP contribution in [0.3, 0.4) is 0 Å². The van der Waals surface area contributed by atoms with Gasteiger partial charge in [-0.15, -0.1) is 0 Å².